The second-order valence-corrected chi connectivity index (χ2v) is 8.04. The summed E-state index contributed by atoms with van der Waals surface area (Å²) in [5, 5.41) is 1.91. The molecule has 7 nitrogen and oxygen atoms in total. The van der Waals surface area contributed by atoms with Crippen LogP contribution in [0, 0.1) is 0 Å². The summed E-state index contributed by atoms with van der Waals surface area (Å²) < 4.78 is 11.6. The lowest BCUT2D eigenvalue weighted by Crippen LogP contribution is -2.49. The molecule has 1 saturated heterocycles. The highest BCUT2D eigenvalue weighted by Crippen LogP contribution is 2.30. The van der Waals surface area contributed by atoms with Crippen LogP contribution in [0.15, 0.2) is 48.2 Å². The van der Waals surface area contributed by atoms with Gasteiger partial charge in [0.1, 0.15) is 11.9 Å². The molecule has 0 unspecified atom stereocenters. The lowest BCUT2D eigenvalue weighted by molar-refractivity contribution is 0.0373. The third-order valence-electron chi connectivity index (χ3n) is 5.07. The quantitative estimate of drug-likeness (QED) is 0.594. The van der Waals surface area contributed by atoms with E-state index in [9.17, 15) is 4.79 Å². The normalized spacial score (nSPS) is 18.8. The van der Waals surface area contributed by atoms with E-state index in [0.717, 1.165) is 23.5 Å². The second-order valence-electron chi connectivity index (χ2n) is 7.12. The Morgan fingerprint density at radius 3 is 2.83 bits per heavy atom. The van der Waals surface area contributed by atoms with Crippen molar-refractivity contribution in [3.63, 3.8) is 0 Å². The first kappa shape index (κ1) is 20.3. The number of thiophene rings is 1. The van der Waals surface area contributed by atoms with Crippen molar-refractivity contribution < 1.29 is 14.3 Å². The Kier molecular flexibility index (Phi) is 6.23. The van der Waals surface area contributed by atoms with Gasteiger partial charge >= 0.3 is 0 Å². The fraction of sp³-hybridized carbons (Fsp3) is 0.364. The highest BCUT2D eigenvalue weighted by atomic mass is 32.1. The van der Waals surface area contributed by atoms with Gasteiger partial charge in [0.2, 0.25) is 5.88 Å². The molecular weight excluding hydrogens is 400 g/mol. The van der Waals surface area contributed by atoms with E-state index >= 15 is 0 Å². The molecule has 1 aliphatic heterocycles. The van der Waals surface area contributed by atoms with Crippen molar-refractivity contribution in [3.05, 3.63) is 53.8 Å². The molecule has 0 aromatic carbocycles. The number of carbonyl (C=O) groups is 1. The SMILES string of the molecule is CCOc1ccnc(O[C@@H]2CC[C@@H](C)N(C(=O)c3ccsc3-c3ncccn3)C2)c1. The molecule has 2 atom stereocenters. The molecule has 30 heavy (non-hydrogen) atoms. The minimum absolute atomic E-state index is 0.0180. The number of carbonyl (C=O) groups excluding carboxylic acids is 1. The maximum absolute atomic E-state index is 13.4. The number of hydrogen-bond donors (Lipinski definition) is 0. The number of rotatable bonds is 6. The van der Waals surface area contributed by atoms with E-state index in [1.54, 1.807) is 36.8 Å². The number of ether oxygens (including phenoxy) is 2. The highest BCUT2D eigenvalue weighted by Gasteiger charge is 2.32. The molecular formula is C22H24N4O3S. The van der Waals surface area contributed by atoms with E-state index in [2.05, 4.69) is 21.9 Å². The first-order chi connectivity index (χ1) is 14.7. The van der Waals surface area contributed by atoms with Crippen molar-refractivity contribution in [2.45, 2.75) is 38.8 Å². The maximum Gasteiger partial charge on any atom is 0.255 e. The van der Waals surface area contributed by atoms with E-state index < -0.39 is 0 Å². The second kappa shape index (κ2) is 9.21. The largest absolute Gasteiger partial charge is 0.494 e. The zero-order chi connectivity index (χ0) is 20.9. The molecule has 0 radical (unpaired) electrons. The molecule has 0 spiro atoms. The van der Waals surface area contributed by atoms with Gasteiger partial charge in [0.25, 0.3) is 5.91 Å². The average molecular weight is 425 g/mol. The van der Waals surface area contributed by atoms with E-state index in [4.69, 9.17) is 9.47 Å². The Bertz CT molecular complexity index is 995. The van der Waals surface area contributed by atoms with Crippen molar-refractivity contribution in [1.29, 1.82) is 0 Å². The van der Waals surface area contributed by atoms with Gasteiger partial charge in [0.15, 0.2) is 5.82 Å². The summed E-state index contributed by atoms with van der Waals surface area (Å²) in [7, 11) is 0. The predicted octanol–water partition coefficient (Wildman–Crippen LogP) is 4.07. The fourth-order valence-electron chi connectivity index (χ4n) is 3.56. The number of aromatic nitrogens is 3. The standard InChI is InChI=1S/C22H24N4O3S/c1-3-28-16-7-11-23-19(13-16)29-17-6-5-15(2)26(14-17)22(27)18-8-12-30-20(18)21-24-9-4-10-25-21/h4,7-13,15,17H,3,5-6,14H2,1-2H3/t15-,17-/m1/s1. The molecule has 4 rings (SSSR count). The van der Waals surface area contributed by atoms with Gasteiger partial charge in [-0.05, 0) is 50.3 Å². The summed E-state index contributed by atoms with van der Waals surface area (Å²) in [4.78, 5) is 29.0. The molecule has 0 saturated carbocycles. The van der Waals surface area contributed by atoms with Crippen molar-refractivity contribution in [2.24, 2.45) is 0 Å². The fourth-order valence-corrected chi connectivity index (χ4v) is 4.39. The molecule has 8 heteroatoms. The number of piperidine rings is 1. The van der Waals surface area contributed by atoms with Gasteiger partial charge in [-0.15, -0.1) is 11.3 Å². The van der Waals surface area contributed by atoms with Gasteiger partial charge < -0.3 is 14.4 Å². The Labute approximate surface area is 179 Å². The summed E-state index contributed by atoms with van der Waals surface area (Å²) in [6.45, 7) is 5.10. The molecule has 0 bridgehead atoms. The smallest absolute Gasteiger partial charge is 0.255 e. The van der Waals surface area contributed by atoms with Crippen molar-refractivity contribution in [3.8, 4) is 22.3 Å². The minimum atomic E-state index is -0.121. The summed E-state index contributed by atoms with van der Waals surface area (Å²) in [5.41, 5.74) is 0.634. The zero-order valence-corrected chi connectivity index (χ0v) is 17.8. The zero-order valence-electron chi connectivity index (χ0n) is 17.0. The van der Waals surface area contributed by atoms with Gasteiger partial charge in [-0.2, -0.15) is 0 Å². The molecule has 4 heterocycles. The molecule has 0 aliphatic carbocycles. The Hall–Kier alpha value is -3.00. The van der Waals surface area contributed by atoms with Crippen LogP contribution in [0.5, 0.6) is 11.6 Å². The summed E-state index contributed by atoms with van der Waals surface area (Å²) in [5.74, 6) is 1.80. The molecule has 3 aromatic rings. The van der Waals surface area contributed by atoms with Gasteiger partial charge in [-0.25, -0.2) is 15.0 Å². The third kappa shape index (κ3) is 4.43. The first-order valence-corrected chi connectivity index (χ1v) is 10.9. The Morgan fingerprint density at radius 2 is 2.03 bits per heavy atom. The topological polar surface area (TPSA) is 77.4 Å². The maximum atomic E-state index is 13.4. The van der Waals surface area contributed by atoms with Crippen LogP contribution in [-0.2, 0) is 0 Å². The van der Waals surface area contributed by atoms with Gasteiger partial charge in [0.05, 0.1) is 23.6 Å². The van der Waals surface area contributed by atoms with Crippen LogP contribution in [0.1, 0.15) is 37.0 Å². The minimum Gasteiger partial charge on any atom is -0.494 e. The predicted molar refractivity (Wildman–Crippen MR) is 115 cm³/mol. The van der Waals surface area contributed by atoms with Gasteiger partial charge in [-0.1, -0.05) is 0 Å². The van der Waals surface area contributed by atoms with Gasteiger partial charge in [-0.3, -0.25) is 4.79 Å². The number of hydrogen-bond acceptors (Lipinski definition) is 7. The number of nitrogens with zero attached hydrogens (tertiary/aromatic N) is 4. The third-order valence-corrected chi connectivity index (χ3v) is 5.98. The van der Waals surface area contributed by atoms with E-state index in [0.29, 0.717) is 30.4 Å². The highest BCUT2D eigenvalue weighted by molar-refractivity contribution is 7.14. The number of likely N-dealkylation sites (tertiary alicyclic amines) is 1. The molecule has 1 aliphatic rings. The number of amides is 1. The summed E-state index contributed by atoms with van der Waals surface area (Å²) in [6.07, 6.45) is 6.66. The van der Waals surface area contributed by atoms with Gasteiger partial charge in [0, 0.05) is 30.7 Å². The van der Waals surface area contributed by atoms with Crippen molar-refractivity contribution >= 4 is 17.2 Å². The lowest BCUT2D eigenvalue weighted by atomic mass is 10.00. The molecule has 1 amide bonds. The van der Waals surface area contributed by atoms with E-state index in [-0.39, 0.29) is 18.1 Å². The van der Waals surface area contributed by atoms with Crippen molar-refractivity contribution in [2.75, 3.05) is 13.2 Å². The summed E-state index contributed by atoms with van der Waals surface area (Å²) in [6, 6.07) is 7.34. The van der Waals surface area contributed by atoms with Crippen LogP contribution in [0.25, 0.3) is 10.7 Å². The van der Waals surface area contributed by atoms with Crippen LogP contribution in [-0.4, -0.2) is 51.1 Å². The summed E-state index contributed by atoms with van der Waals surface area (Å²) >= 11 is 1.48. The average Bonchev–Trinajstić information content (AvgIpc) is 3.26. The Morgan fingerprint density at radius 1 is 1.20 bits per heavy atom. The van der Waals surface area contributed by atoms with Crippen LogP contribution >= 0.6 is 11.3 Å². The van der Waals surface area contributed by atoms with E-state index in [1.165, 1.54) is 11.3 Å². The molecule has 1 fully saturated rings. The van der Waals surface area contributed by atoms with E-state index in [1.807, 2.05) is 23.3 Å². The first-order valence-electron chi connectivity index (χ1n) is 10.1. The Balaban J connectivity index is 1.50. The van der Waals surface area contributed by atoms with Crippen LogP contribution < -0.4 is 9.47 Å². The monoisotopic (exact) mass is 424 g/mol. The number of pyridine rings is 1. The molecule has 0 N–H and O–H groups in total. The lowest BCUT2D eigenvalue weighted by Gasteiger charge is -2.37. The van der Waals surface area contributed by atoms with Crippen LogP contribution in [0.4, 0.5) is 0 Å². The van der Waals surface area contributed by atoms with Crippen molar-refractivity contribution in [1.82, 2.24) is 19.9 Å². The van der Waals surface area contributed by atoms with Crippen LogP contribution in [0.3, 0.4) is 0 Å². The van der Waals surface area contributed by atoms with Crippen LogP contribution in [0.2, 0.25) is 0 Å². The molecule has 156 valence electrons. The molecule has 3 aromatic heterocycles.